The number of aliphatic carboxylic acids is 1. The fourth-order valence-electron chi connectivity index (χ4n) is 3.17. The molecule has 2 rings (SSSR count). The monoisotopic (exact) mass is 281 g/mol. The van der Waals surface area contributed by atoms with Crippen LogP contribution in [0.2, 0.25) is 0 Å². The maximum Gasteiger partial charge on any atom is 0.310 e. The van der Waals surface area contributed by atoms with Gasteiger partial charge in [-0.2, -0.15) is 0 Å². The van der Waals surface area contributed by atoms with Crippen LogP contribution < -0.4 is 0 Å². The minimum Gasteiger partial charge on any atom is -0.481 e. The molecule has 2 heterocycles. The van der Waals surface area contributed by atoms with E-state index in [1.54, 1.807) is 11.3 Å². The predicted molar refractivity (Wildman–Crippen MR) is 78.5 cm³/mol. The van der Waals surface area contributed by atoms with Gasteiger partial charge in [0.2, 0.25) is 0 Å². The zero-order valence-electron chi connectivity index (χ0n) is 11.8. The van der Waals surface area contributed by atoms with E-state index in [0.29, 0.717) is 12.6 Å². The van der Waals surface area contributed by atoms with E-state index >= 15 is 0 Å². The van der Waals surface area contributed by atoms with Gasteiger partial charge < -0.3 is 5.11 Å². The zero-order chi connectivity index (χ0) is 13.9. The molecule has 1 N–H and O–H groups in total. The Morgan fingerprint density at radius 1 is 1.58 bits per heavy atom. The summed E-state index contributed by atoms with van der Waals surface area (Å²) in [6, 6.07) is 4.63. The van der Waals surface area contributed by atoms with Gasteiger partial charge in [0.05, 0.1) is 5.41 Å². The van der Waals surface area contributed by atoms with E-state index in [4.69, 9.17) is 0 Å². The lowest BCUT2D eigenvalue weighted by Gasteiger charge is -2.42. The van der Waals surface area contributed by atoms with E-state index in [9.17, 15) is 9.90 Å². The summed E-state index contributed by atoms with van der Waals surface area (Å²) in [5, 5.41) is 11.7. The summed E-state index contributed by atoms with van der Waals surface area (Å²) < 4.78 is 0. The molecular formula is C15H23NO2S. The minimum absolute atomic E-state index is 0.380. The third-order valence-electron chi connectivity index (χ3n) is 4.44. The molecule has 2 unspecified atom stereocenters. The highest BCUT2D eigenvalue weighted by Gasteiger charge is 2.42. The van der Waals surface area contributed by atoms with E-state index in [0.717, 1.165) is 32.2 Å². The molecule has 0 amide bonds. The number of hydrogen-bond acceptors (Lipinski definition) is 3. The van der Waals surface area contributed by atoms with E-state index in [-0.39, 0.29) is 0 Å². The lowest BCUT2D eigenvalue weighted by atomic mass is 9.77. The predicted octanol–water partition coefficient (Wildman–Crippen LogP) is 3.78. The fraction of sp³-hybridized carbons (Fsp3) is 0.667. The molecule has 1 fully saturated rings. The largest absolute Gasteiger partial charge is 0.481 e. The number of nitrogens with zero attached hydrogens (tertiary/aromatic N) is 1. The van der Waals surface area contributed by atoms with Gasteiger partial charge in [-0.05, 0) is 43.7 Å². The molecule has 0 spiro atoms. The standard InChI is InChI=1S/C15H23NO2S/c1-3-12(13-7-5-10-19-13)16-9-6-8-15(4-2,11-16)14(17)18/h5,7,10,12H,3-4,6,8-9,11H2,1-2H3,(H,17,18). The van der Waals surface area contributed by atoms with Gasteiger partial charge in [0.25, 0.3) is 0 Å². The van der Waals surface area contributed by atoms with Crippen LogP contribution in [0.4, 0.5) is 0 Å². The Hall–Kier alpha value is -0.870. The normalized spacial score (nSPS) is 26.2. The van der Waals surface area contributed by atoms with Crippen LogP contribution in [0.5, 0.6) is 0 Å². The number of carboxylic acid groups (broad SMARTS) is 1. The third-order valence-corrected chi connectivity index (χ3v) is 5.41. The fourth-order valence-corrected chi connectivity index (χ4v) is 4.11. The summed E-state index contributed by atoms with van der Waals surface area (Å²) in [7, 11) is 0. The Balaban J connectivity index is 2.18. The average Bonchev–Trinajstić information content (AvgIpc) is 2.93. The summed E-state index contributed by atoms with van der Waals surface area (Å²) in [6.45, 7) is 5.90. The second-order valence-corrected chi connectivity index (χ2v) is 6.43. The maximum atomic E-state index is 11.6. The van der Waals surface area contributed by atoms with E-state index in [1.165, 1.54) is 4.88 Å². The van der Waals surface area contributed by atoms with Crippen LogP contribution in [-0.2, 0) is 4.79 Å². The number of carboxylic acids is 1. The highest BCUT2D eigenvalue weighted by atomic mass is 32.1. The Kier molecular flexibility index (Phi) is 4.63. The molecule has 0 aliphatic carbocycles. The Labute approximate surface area is 119 Å². The second kappa shape index (κ2) is 6.06. The topological polar surface area (TPSA) is 40.5 Å². The van der Waals surface area contributed by atoms with Crippen molar-refractivity contribution in [2.45, 2.75) is 45.6 Å². The average molecular weight is 281 g/mol. The van der Waals surface area contributed by atoms with Gasteiger partial charge in [-0.25, -0.2) is 0 Å². The molecule has 0 saturated carbocycles. The molecule has 1 aliphatic heterocycles. The molecule has 0 aromatic carbocycles. The van der Waals surface area contributed by atoms with Crippen molar-refractivity contribution in [2.24, 2.45) is 5.41 Å². The summed E-state index contributed by atoms with van der Waals surface area (Å²) in [5.74, 6) is -0.624. The molecule has 19 heavy (non-hydrogen) atoms. The zero-order valence-corrected chi connectivity index (χ0v) is 12.6. The lowest BCUT2D eigenvalue weighted by Crippen LogP contribution is -2.48. The van der Waals surface area contributed by atoms with Gasteiger partial charge in [-0.1, -0.05) is 19.9 Å². The quantitative estimate of drug-likeness (QED) is 0.893. The van der Waals surface area contributed by atoms with E-state index in [2.05, 4.69) is 29.3 Å². The first kappa shape index (κ1) is 14.5. The summed E-state index contributed by atoms with van der Waals surface area (Å²) >= 11 is 1.78. The van der Waals surface area contributed by atoms with Crippen molar-refractivity contribution in [2.75, 3.05) is 13.1 Å². The number of carbonyl (C=O) groups is 1. The van der Waals surface area contributed by atoms with E-state index in [1.807, 2.05) is 6.92 Å². The van der Waals surface area contributed by atoms with Crippen molar-refractivity contribution < 1.29 is 9.90 Å². The van der Waals surface area contributed by atoms with Crippen LogP contribution in [0.15, 0.2) is 17.5 Å². The van der Waals surface area contributed by atoms with Gasteiger partial charge in [-0.3, -0.25) is 9.69 Å². The SMILES string of the molecule is CCC(c1cccs1)N1CCCC(CC)(C(=O)O)C1. The minimum atomic E-state index is -0.624. The first-order valence-electron chi connectivity index (χ1n) is 7.14. The lowest BCUT2D eigenvalue weighted by molar-refractivity contribution is -0.153. The molecule has 0 bridgehead atoms. The Morgan fingerprint density at radius 2 is 2.37 bits per heavy atom. The van der Waals surface area contributed by atoms with Gasteiger partial charge in [-0.15, -0.1) is 11.3 Å². The smallest absolute Gasteiger partial charge is 0.310 e. The van der Waals surface area contributed by atoms with Crippen molar-refractivity contribution in [3.8, 4) is 0 Å². The molecular weight excluding hydrogens is 258 g/mol. The Bertz CT molecular complexity index is 418. The van der Waals surface area contributed by atoms with Crippen LogP contribution in [0.25, 0.3) is 0 Å². The molecule has 0 radical (unpaired) electrons. The first-order chi connectivity index (χ1) is 9.13. The molecule has 3 nitrogen and oxygen atoms in total. The van der Waals surface area contributed by atoms with Gasteiger partial charge in [0.15, 0.2) is 0 Å². The summed E-state index contributed by atoms with van der Waals surface area (Å²) in [5.41, 5.74) is -0.539. The number of likely N-dealkylation sites (tertiary alicyclic amines) is 1. The van der Waals surface area contributed by atoms with Crippen LogP contribution in [0.3, 0.4) is 0 Å². The summed E-state index contributed by atoms with van der Waals surface area (Å²) in [4.78, 5) is 15.4. The van der Waals surface area contributed by atoms with Crippen molar-refractivity contribution >= 4 is 17.3 Å². The van der Waals surface area contributed by atoms with Crippen molar-refractivity contribution in [1.82, 2.24) is 4.90 Å². The molecule has 1 aliphatic rings. The van der Waals surface area contributed by atoms with Gasteiger partial charge >= 0.3 is 5.97 Å². The Morgan fingerprint density at radius 3 is 2.89 bits per heavy atom. The van der Waals surface area contributed by atoms with Crippen LogP contribution >= 0.6 is 11.3 Å². The maximum absolute atomic E-state index is 11.6. The third kappa shape index (κ3) is 2.84. The molecule has 1 aromatic heterocycles. The van der Waals surface area contributed by atoms with Crippen LogP contribution in [-0.4, -0.2) is 29.1 Å². The van der Waals surface area contributed by atoms with Crippen molar-refractivity contribution in [3.63, 3.8) is 0 Å². The molecule has 1 aromatic rings. The van der Waals surface area contributed by atoms with Crippen molar-refractivity contribution in [3.05, 3.63) is 22.4 Å². The van der Waals surface area contributed by atoms with Crippen molar-refractivity contribution in [1.29, 1.82) is 0 Å². The number of piperidine rings is 1. The molecule has 106 valence electrons. The number of thiophene rings is 1. The van der Waals surface area contributed by atoms with Gasteiger partial charge in [0, 0.05) is 17.5 Å². The molecule has 1 saturated heterocycles. The summed E-state index contributed by atoms with van der Waals surface area (Å²) in [6.07, 6.45) is 3.57. The molecule has 4 heteroatoms. The van der Waals surface area contributed by atoms with Crippen LogP contribution in [0.1, 0.15) is 50.4 Å². The van der Waals surface area contributed by atoms with Gasteiger partial charge in [0.1, 0.15) is 0 Å². The first-order valence-corrected chi connectivity index (χ1v) is 8.02. The second-order valence-electron chi connectivity index (χ2n) is 5.45. The van der Waals surface area contributed by atoms with Crippen LogP contribution in [0, 0.1) is 5.41 Å². The highest BCUT2D eigenvalue weighted by Crippen LogP contribution is 2.39. The number of rotatable bonds is 5. The molecule has 2 atom stereocenters. The number of hydrogen-bond donors (Lipinski definition) is 1. The highest BCUT2D eigenvalue weighted by molar-refractivity contribution is 7.10. The van der Waals surface area contributed by atoms with E-state index < -0.39 is 11.4 Å².